The van der Waals surface area contributed by atoms with Gasteiger partial charge in [0.1, 0.15) is 5.00 Å². The molecule has 2 aromatic carbocycles. The summed E-state index contributed by atoms with van der Waals surface area (Å²) in [5.41, 5.74) is 2.78. The fourth-order valence-corrected chi connectivity index (χ4v) is 5.47. The van der Waals surface area contributed by atoms with E-state index in [0.717, 1.165) is 20.9 Å². The molecule has 2 amide bonds. The highest BCUT2D eigenvalue weighted by molar-refractivity contribution is 7.98. The lowest BCUT2D eigenvalue weighted by atomic mass is 10.1. The van der Waals surface area contributed by atoms with E-state index < -0.39 is 0 Å². The van der Waals surface area contributed by atoms with Crippen LogP contribution in [0.2, 0.25) is 5.02 Å². The molecule has 2 heterocycles. The zero-order chi connectivity index (χ0) is 22.7. The molecular weight excluding hydrogens is 464 g/mol. The molecule has 0 bridgehead atoms. The number of thioether (sulfide) groups is 1. The number of anilines is 1. The monoisotopic (exact) mass is 486 g/mol. The van der Waals surface area contributed by atoms with Gasteiger partial charge in [-0.1, -0.05) is 41.9 Å². The molecule has 0 aliphatic carbocycles. The van der Waals surface area contributed by atoms with Gasteiger partial charge in [-0.15, -0.1) is 23.1 Å². The van der Waals surface area contributed by atoms with Crippen LogP contribution in [-0.4, -0.2) is 49.3 Å². The molecule has 1 saturated heterocycles. The molecule has 3 aromatic rings. The van der Waals surface area contributed by atoms with Crippen LogP contribution in [0.15, 0.2) is 53.4 Å². The number of carbonyl (C=O) groups is 2. The maximum Gasteiger partial charge on any atom is 0.257 e. The summed E-state index contributed by atoms with van der Waals surface area (Å²) in [5, 5.41) is 3.89. The Labute approximate surface area is 200 Å². The predicted octanol–water partition coefficient (Wildman–Crippen LogP) is 5.82. The van der Waals surface area contributed by atoms with E-state index in [4.69, 9.17) is 16.3 Å². The fraction of sp³-hybridized carbons (Fsp3) is 0.250. The molecule has 1 N–H and O–H groups in total. The Hall–Kier alpha value is -2.32. The molecule has 166 valence electrons. The number of ether oxygens (including phenoxy) is 1. The molecule has 32 heavy (non-hydrogen) atoms. The summed E-state index contributed by atoms with van der Waals surface area (Å²) in [6.07, 6.45) is 1.94. The average molecular weight is 487 g/mol. The molecule has 0 spiro atoms. The van der Waals surface area contributed by atoms with Crippen molar-refractivity contribution in [2.45, 2.75) is 11.8 Å². The number of rotatable bonds is 5. The molecule has 4 rings (SSSR count). The van der Waals surface area contributed by atoms with E-state index in [1.54, 1.807) is 17.0 Å². The lowest BCUT2D eigenvalue weighted by Gasteiger charge is -2.27. The summed E-state index contributed by atoms with van der Waals surface area (Å²) in [7, 11) is 0. The van der Waals surface area contributed by atoms with Crippen molar-refractivity contribution in [1.82, 2.24) is 4.90 Å². The first-order chi connectivity index (χ1) is 15.5. The number of nitrogens with one attached hydrogen (secondary N) is 1. The minimum Gasteiger partial charge on any atom is -0.378 e. The number of carbonyl (C=O) groups excluding carboxylic acids is 2. The Bertz CT molecular complexity index is 1140. The normalized spacial score (nSPS) is 13.8. The smallest absolute Gasteiger partial charge is 0.257 e. The summed E-state index contributed by atoms with van der Waals surface area (Å²) in [5.74, 6) is -0.425. The second-order valence-corrected chi connectivity index (χ2v) is 9.64. The number of morpholine rings is 1. The van der Waals surface area contributed by atoms with Crippen LogP contribution in [0.3, 0.4) is 0 Å². The Morgan fingerprint density at radius 2 is 1.84 bits per heavy atom. The zero-order valence-corrected chi connectivity index (χ0v) is 20.2. The van der Waals surface area contributed by atoms with Gasteiger partial charge in [-0.25, -0.2) is 0 Å². The van der Waals surface area contributed by atoms with Crippen LogP contribution >= 0.6 is 34.7 Å². The predicted molar refractivity (Wildman–Crippen MR) is 132 cm³/mol. The van der Waals surface area contributed by atoms with E-state index in [2.05, 4.69) is 5.32 Å². The maximum absolute atomic E-state index is 13.5. The fourth-order valence-electron chi connectivity index (χ4n) is 3.62. The van der Waals surface area contributed by atoms with E-state index in [0.29, 0.717) is 47.5 Å². The van der Waals surface area contributed by atoms with Gasteiger partial charge in [0, 0.05) is 22.9 Å². The van der Waals surface area contributed by atoms with Gasteiger partial charge < -0.3 is 15.0 Å². The third-order valence-corrected chi connectivity index (χ3v) is 7.65. The average Bonchev–Trinajstić information content (AvgIpc) is 3.15. The number of benzene rings is 2. The number of hydrogen-bond donors (Lipinski definition) is 1. The van der Waals surface area contributed by atoms with Crippen LogP contribution in [0, 0.1) is 6.92 Å². The van der Waals surface area contributed by atoms with Gasteiger partial charge in [-0.3, -0.25) is 9.59 Å². The molecule has 0 atom stereocenters. The third-order valence-electron chi connectivity index (χ3n) is 5.34. The van der Waals surface area contributed by atoms with E-state index in [1.165, 1.54) is 23.1 Å². The minimum absolute atomic E-state index is 0.0940. The summed E-state index contributed by atoms with van der Waals surface area (Å²) < 4.78 is 5.40. The molecule has 8 heteroatoms. The summed E-state index contributed by atoms with van der Waals surface area (Å²) in [6, 6.07) is 15.3. The van der Waals surface area contributed by atoms with Crippen LogP contribution in [0.4, 0.5) is 5.00 Å². The molecular formula is C24H23ClN2O3S2. The molecule has 0 radical (unpaired) electrons. The highest BCUT2D eigenvalue weighted by Crippen LogP contribution is 2.41. The van der Waals surface area contributed by atoms with Crippen molar-refractivity contribution >= 4 is 51.5 Å². The Balaban J connectivity index is 1.74. The lowest BCUT2D eigenvalue weighted by molar-refractivity contribution is 0.0303. The largest absolute Gasteiger partial charge is 0.378 e. The van der Waals surface area contributed by atoms with E-state index >= 15 is 0 Å². The van der Waals surface area contributed by atoms with Crippen molar-refractivity contribution in [3.63, 3.8) is 0 Å². The van der Waals surface area contributed by atoms with Crippen molar-refractivity contribution < 1.29 is 14.3 Å². The summed E-state index contributed by atoms with van der Waals surface area (Å²) >= 11 is 9.26. The minimum atomic E-state index is -0.331. The molecule has 1 aromatic heterocycles. The number of amides is 2. The number of hydrogen-bond acceptors (Lipinski definition) is 5. The van der Waals surface area contributed by atoms with Crippen LogP contribution in [-0.2, 0) is 4.74 Å². The molecule has 0 saturated carbocycles. The van der Waals surface area contributed by atoms with Crippen LogP contribution in [0.1, 0.15) is 26.3 Å². The first kappa shape index (κ1) is 22.9. The molecule has 1 fully saturated rings. The third kappa shape index (κ3) is 4.71. The number of halogens is 1. The van der Waals surface area contributed by atoms with Gasteiger partial charge in [0.25, 0.3) is 11.8 Å². The molecule has 5 nitrogen and oxygen atoms in total. The second kappa shape index (κ2) is 10.1. The van der Waals surface area contributed by atoms with Crippen molar-refractivity contribution in [3.8, 4) is 10.4 Å². The van der Waals surface area contributed by atoms with Gasteiger partial charge in [-0.2, -0.15) is 0 Å². The van der Waals surface area contributed by atoms with E-state index in [-0.39, 0.29) is 11.8 Å². The molecule has 1 aliphatic heterocycles. The Kier molecular flexibility index (Phi) is 7.20. The standard InChI is InChI=1S/C24H23ClN2O3S2/c1-15-20(24(29)27-10-12-30-13-11-27)23(32-21(15)16-6-4-3-5-7-16)26-22(28)18-14-17(31-2)8-9-19(18)25/h3-9,14H,10-13H2,1-2H3,(H,26,28). The van der Waals surface area contributed by atoms with E-state index in [9.17, 15) is 9.59 Å². The maximum atomic E-state index is 13.5. The second-order valence-electron chi connectivity index (χ2n) is 7.33. The number of thiophene rings is 1. The highest BCUT2D eigenvalue weighted by Gasteiger charge is 2.28. The summed E-state index contributed by atoms with van der Waals surface area (Å²) in [4.78, 5) is 30.3. The van der Waals surface area contributed by atoms with Crippen molar-refractivity contribution in [2.75, 3.05) is 37.9 Å². The van der Waals surface area contributed by atoms with Gasteiger partial charge in [-0.05, 0) is 42.5 Å². The topological polar surface area (TPSA) is 58.6 Å². The van der Waals surface area contributed by atoms with Gasteiger partial charge >= 0.3 is 0 Å². The van der Waals surface area contributed by atoms with E-state index in [1.807, 2.05) is 49.6 Å². The Morgan fingerprint density at radius 3 is 2.53 bits per heavy atom. The SMILES string of the molecule is CSc1ccc(Cl)c(C(=O)Nc2sc(-c3ccccc3)c(C)c2C(=O)N2CCOCC2)c1. The highest BCUT2D eigenvalue weighted by atomic mass is 35.5. The quantitative estimate of drug-likeness (QED) is 0.461. The number of nitrogens with zero attached hydrogens (tertiary/aromatic N) is 1. The van der Waals surface area contributed by atoms with Crippen LogP contribution < -0.4 is 5.32 Å². The first-order valence-electron chi connectivity index (χ1n) is 10.2. The lowest BCUT2D eigenvalue weighted by Crippen LogP contribution is -2.41. The zero-order valence-electron chi connectivity index (χ0n) is 17.8. The Morgan fingerprint density at radius 1 is 1.12 bits per heavy atom. The van der Waals surface area contributed by atoms with Crippen LogP contribution in [0.5, 0.6) is 0 Å². The molecule has 0 unspecified atom stereocenters. The van der Waals surface area contributed by atoms with Gasteiger partial charge in [0.2, 0.25) is 0 Å². The first-order valence-corrected chi connectivity index (χ1v) is 12.6. The van der Waals surface area contributed by atoms with Gasteiger partial charge in [0.15, 0.2) is 0 Å². The molecule has 1 aliphatic rings. The van der Waals surface area contributed by atoms with Crippen LogP contribution in [0.25, 0.3) is 10.4 Å². The van der Waals surface area contributed by atoms with Crippen molar-refractivity contribution in [1.29, 1.82) is 0 Å². The van der Waals surface area contributed by atoms with Gasteiger partial charge in [0.05, 0.1) is 29.4 Å². The van der Waals surface area contributed by atoms with Crippen molar-refractivity contribution in [3.05, 3.63) is 70.2 Å². The summed E-state index contributed by atoms with van der Waals surface area (Å²) in [6.45, 7) is 4.02. The van der Waals surface area contributed by atoms with Crippen molar-refractivity contribution in [2.24, 2.45) is 0 Å².